The molecule has 33 heavy (non-hydrogen) atoms. The van der Waals surface area contributed by atoms with Crippen LogP contribution in [0.3, 0.4) is 0 Å². The number of rotatable bonds is 8. The molecule has 0 atom stereocenters. The van der Waals surface area contributed by atoms with Crippen molar-refractivity contribution in [3.05, 3.63) is 53.1 Å². The lowest BCUT2D eigenvalue weighted by molar-refractivity contribution is -0.137. The number of hydrogen-bond acceptors (Lipinski definition) is 6. The van der Waals surface area contributed by atoms with Gasteiger partial charge in [0.15, 0.2) is 6.61 Å². The molecule has 0 heterocycles. The van der Waals surface area contributed by atoms with Crippen LogP contribution in [0.2, 0.25) is 5.02 Å². The van der Waals surface area contributed by atoms with Crippen molar-refractivity contribution < 1.29 is 36.0 Å². The van der Waals surface area contributed by atoms with E-state index in [0.29, 0.717) is 6.21 Å². The molecule has 0 unspecified atom stereocenters. The maximum absolute atomic E-state index is 12.7. The number of nitrogens with zero attached hydrogens (tertiary/aromatic N) is 2. The van der Waals surface area contributed by atoms with Gasteiger partial charge in [-0.3, -0.25) is 9.59 Å². The molecule has 0 saturated heterocycles. The molecule has 2 rings (SSSR count). The van der Waals surface area contributed by atoms with E-state index in [1.54, 1.807) is 0 Å². The Labute approximate surface area is 192 Å². The highest BCUT2D eigenvalue weighted by Gasteiger charge is 2.30. The van der Waals surface area contributed by atoms with Crippen LogP contribution in [-0.4, -0.2) is 51.5 Å². The standard InChI is InChI=1S/C19H18ClF3N4O5S/c1-27(2)33(30,31)16-9-14(6-7-15(16)20)26-18(29)11-32-24-10-17(28)25-13-5-3-4-12(8-13)19(21,22)23/h3-10H,11H2,1-2H3,(H,25,28)(H,26,29)/b24-10+. The number of oxime groups is 1. The second-order valence-corrected chi connectivity index (χ2v) is 9.08. The van der Waals surface area contributed by atoms with Crippen molar-refractivity contribution in [3.8, 4) is 0 Å². The van der Waals surface area contributed by atoms with Crippen molar-refractivity contribution in [2.75, 3.05) is 31.3 Å². The van der Waals surface area contributed by atoms with Gasteiger partial charge in [-0.2, -0.15) is 13.2 Å². The summed E-state index contributed by atoms with van der Waals surface area (Å²) in [6, 6.07) is 7.82. The van der Waals surface area contributed by atoms with Gasteiger partial charge < -0.3 is 15.5 Å². The number of halogens is 4. The van der Waals surface area contributed by atoms with Crippen molar-refractivity contribution in [2.45, 2.75) is 11.1 Å². The highest BCUT2D eigenvalue weighted by molar-refractivity contribution is 7.89. The van der Waals surface area contributed by atoms with Crippen molar-refractivity contribution in [3.63, 3.8) is 0 Å². The SMILES string of the molecule is CN(C)S(=O)(=O)c1cc(NC(=O)CO/N=C/C(=O)Nc2cccc(C(F)(F)F)c2)ccc1Cl. The molecule has 0 fully saturated rings. The minimum atomic E-state index is -4.56. The molecule has 0 aromatic heterocycles. The van der Waals surface area contributed by atoms with Crippen LogP contribution >= 0.6 is 11.6 Å². The quantitative estimate of drug-likeness (QED) is 0.421. The molecule has 0 aliphatic heterocycles. The molecule has 2 amide bonds. The number of sulfonamides is 1. The average Bonchev–Trinajstić information content (AvgIpc) is 2.72. The molecule has 0 spiro atoms. The Bertz CT molecular complexity index is 1170. The van der Waals surface area contributed by atoms with E-state index in [4.69, 9.17) is 11.6 Å². The molecular weight excluding hydrogens is 489 g/mol. The van der Waals surface area contributed by atoms with E-state index in [2.05, 4.69) is 20.6 Å². The zero-order chi connectivity index (χ0) is 24.8. The van der Waals surface area contributed by atoms with E-state index in [1.807, 2.05) is 0 Å². The smallest absolute Gasteiger partial charge is 0.385 e. The number of carbonyl (C=O) groups excluding carboxylic acids is 2. The Kier molecular flexibility index (Phi) is 8.41. The molecule has 9 nitrogen and oxygen atoms in total. The van der Waals surface area contributed by atoms with Crippen molar-refractivity contribution in [1.82, 2.24) is 4.31 Å². The van der Waals surface area contributed by atoms with Crippen LogP contribution in [0.5, 0.6) is 0 Å². The van der Waals surface area contributed by atoms with Crippen LogP contribution < -0.4 is 10.6 Å². The molecule has 0 radical (unpaired) electrons. The van der Waals surface area contributed by atoms with Gasteiger partial charge in [0, 0.05) is 25.5 Å². The largest absolute Gasteiger partial charge is 0.416 e. The van der Waals surface area contributed by atoms with E-state index in [9.17, 15) is 31.2 Å². The Morgan fingerprint density at radius 1 is 1.12 bits per heavy atom. The molecule has 2 N–H and O–H groups in total. The third-order valence-electron chi connectivity index (χ3n) is 3.87. The van der Waals surface area contributed by atoms with Gasteiger partial charge in [-0.25, -0.2) is 12.7 Å². The van der Waals surface area contributed by atoms with Gasteiger partial charge in [0.2, 0.25) is 10.0 Å². The van der Waals surface area contributed by atoms with Crippen LogP contribution in [0.4, 0.5) is 24.5 Å². The van der Waals surface area contributed by atoms with Crippen LogP contribution in [0.1, 0.15) is 5.56 Å². The van der Waals surface area contributed by atoms with Crippen molar-refractivity contribution in [1.29, 1.82) is 0 Å². The average molecular weight is 507 g/mol. The Hall–Kier alpha value is -3.16. The summed E-state index contributed by atoms with van der Waals surface area (Å²) in [6.07, 6.45) is -3.93. The fraction of sp³-hybridized carbons (Fsp3) is 0.211. The molecule has 2 aromatic rings. The van der Waals surface area contributed by atoms with Gasteiger partial charge in [0.05, 0.1) is 10.6 Å². The summed E-state index contributed by atoms with van der Waals surface area (Å²) >= 11 is 5.93. The molecule has 14 heteroatoms. The molecule has 0 aliphatic carbocycles. The van der Waals surface area contributed by atoms with Gasteiger partial charge in [-0.15, -0.1) is 0 Å². The van der Waals surface area contributed by atoms with Crippen LogP contribution in [0.15, 0.2) is 52.5 Å². The summed E-state index contributed by atoms with van der Waals surface area (Å²) in [7, 11) is -1.19. The number of alkyl halides is 3. The van der Waals surface area contributed by atoms with Crippen molar-refractivity contribution >= 4 is 51.0 Å². The van der Waals surface area contributed by atoms with Crippen LogP contribution in [0.25, 0.3) is 0 Å². The molecular formula is C19H18ClF3N4O5S. The molecule has 0 bridgehead atoms. The highest BCUT2D eigenvalue weighted by atomic mass is 35.5. The lowest BCUT2D eigenvalue weighted by Gasteiger charge is -2.14. The first-order chi connectivity index (χ1) is 15.3. The Balaban J connectivity index is 1.90. The van der Waals surface area contributed by atoms with Crippen LogP contribution in [-0.2, 0) is 30.6 Å². The summed E-state index contributed by atoms with van der Waals surface area (Å²) in [5, 5.41) is 7.79. The monoisotopic (exact) mass is 506 g/mol. The summed E-state index contributed by atoms with van der Waals surface area (Å²) in [4.78, 5) is 28.1. The number of carbonyl (C=O) groups is 2. The van der Waals surface area contributed by atoms with E-state index >= 15 is 0 Å². The molecule has 0 saturated carbocycles. The number of amides is 2. The predicted octanol–water partition coefficient (Wildman–Crippen LogP) is 3.19. The van der Waals surface area contributed by atoms with E-state index in [1.165, 1.54) is 38.4 Å². The Morgan fingerprint density at radius 3 is 2.42 bits per heavy atom. The lowest BCUT2D eigenvalue weighted by Crippen LogP contribution is -2.23. The zero-order valence-corrected chi connectivity index (χ0v) is 18.8. The molecule has 2 aromatic carbocycles. The number of anilines is 2. The minimum absolute atomic E-state index is 0.0330. The second-order valence-electron chi connectivity index (χ2n) is 6.56. The second kappa shape index (κ2) is 10.6. The topological polar surface area (TPSA) is 117 Å². The Morgan fingerprint density at radius 2 is 1.79 bits per heavy atom. The highest BCUT2D eigenvalue weighted by Crippen LogP contribution is 2.30. The third-order valence-corrected chi connectivity index (χ3v) is 6.17. The molecule has 0 aliphatic rings. The first-order valence-corrected chi connectivity index (χ1v) is 10.8. The number of benzene rings is 2. The summed E-state index contributed by atoms with van der Waals surface area (Å²) in [6.45, 7) is -0.633. The minimum Gasteiger partial charge on any atom is -0.385 e. The maximum atomic E-state index is 12.7. The predicted molar refractivity (Wildman–Crippen MR) is 115 cm³/mol. The lowest BCUT2D eigenvalue weighted by atomic mass is 10.2. The normalized spacial score (nSPS) is 12.1. The van der Waals surface area contributed by atoms with E-state index in [0.717, 1.165) is 22.5 Å². The van der Waals surface area contributed by atoms with Gasteiger partial charge in [0.1, 0.15) is 11.1 Å². The van der Waals surface area contributed by atoms with Crippen molar-refractivity contribution in [2.24, 2.45) is 5.16 Å². The fourth-order valence-corrected chi connectivity index (χ4v) is 3.70. The van der Waals surface area contributed by atoms with Gasteiger partial charge >= 0.3 is 6.18 Å². The summed E-state index contributed by atoms with van der Waals surface area (Å²) < 4.78 is 63.5. The maximum Gasteiger partial charge on any atom is 0.416 e. The van der Waals surface area contributed by atoms with E-state index in [-0.39, 0.29) is 21.3 Å². The van der Waals surface area contributed by atoms with Gasteiger partial charge in [-0.1, -0.05) is 22.8 Å². The van der Waals surface area contributed by atoms with Gasteiger partial charge in [-0.05, 0) is 36.4 Å². The first-order valence-electron chi connectivity index (χ1n) is 8.96. The zero-order valence-electron chi connectivity index (χ0n) is 17.2. The first kappa shape index (κ1) is 26.1. The van der Waals surface area contributed by atoms with Gasteiger partial charge in [0.25, 0.3) is 11.8 Å². The van der Waals surface area contributed by atoms with Crippen LogP contribution in [0, 0.1) is 0 Å². The number of hydrogen-bond donors (Lipinski definition) is 2. The molecule has 178 valence electrons. The summed E-state index contributed by atoms with van der Waals surface area (Å²) in [5.74, 6) is -1.60. The third kappa shape index (κ3) is 7.44. The fourth-order valence-electron chi connectivity index (χ4n) is 2.30. The summed E-state index contributed by atoms with van der Waals surface area (Å²) in [5.41, 5.74) is -0.918. The van der Waals surface area contributed by atoms with E-state index < -0.39 is 40.2 Å². The number of nitrogens with one attached hydrogen (secondary N) is 2.